The Kier molecular flexibility index (Phi) is 3.28. The van der Waals surface area contributed by atoms with Crippen molar-refractivity contribution >= 4 is 23.2 Å². The predicted octanol–water partition coefficient (Wildman–Crippen LogP) is 3.98. The first-order valence-corrected chi connectivity index (χ1v) is 6.85. The van der Waals surface area contributed by atoms with Crippen LogP contribution in [0.1, 0.15) is 11.4 Å². The van der Waals surface area contributed by atoms with Crippen LogP contribution in [0.2, 0.25) is 10.0 Å². The molecule has 3 aromatic rings. The zero-order valence-electron chi connectivity index (χ0n) is 11.0. The third kappa shape index (κ3) is 2.01. The van der Waals surface area contributed by atoms with Gasteiger partial charge < -0.3 is 0 Å². The molecule has 102 valence electrons. The Morgan fingerprint density at radius 2 is 1.55 bits per heavy atom. The number of hydrogen-bond donors (Lipinski definition) is 0. The van der Waals surface area contributed by atoms with Gasteiger partial charge in [0.05, 0.1) is 10.0 Å². The molecule has 0 saturated carbocycles. The molecule has 0 bridgehead atoms. The normalized spacial score (nSPS) is 11.0. The van der Waals surface area contributed by atoms with E-state index in [-0.39, 0.29) is 0 Å². The Hall–Kier alpha value is -1.78. The van der Waals surface area contributed by atoms with E-state index in [2.05, 4.69) is 10.1 Å². The van der Waals surface area contributed by atoms with Crippen LogP contribution in [0.15, 0.2) is 36.7 Å². The Morgan fingerprint density at radius 1 is 0.950 bits per heavy atom. The summed E-state index contributed by atoms with van der Waals surface area (Å²) in [5.74, 6) is 0.667. The number of para-hydroxylation sites is 1. The average molecular weight is 307 g/mol. The topological polar surface area (TPSA) is 35.6 Å². The van der Waals surface area contributed by atoms with Crippen molar-refractivity contribution < 1.29 is 0 Å². The Bertz CT molecular complexity index is 734. The summed E-state index contributed by atoms with van der Waals surface area (Å²) >= 11 is 12.5. The van der Waals surface area contributed by atoms with Crippen LogP contribution in [0.3, 0.4) is 0 Å². The molecular formula is C14H12Cl2N4. The molecule has 0 saturated heterocycles. The van der Waals surface area contributed by atoms with Gasteiger partial charge >= 0.3 is 0 Å². The molecule has 0 N–H and O–H groups in total. The molecule has 0 unspecified atom stereocenters. The van der Waals surface area contributed by atoms with Crippen molar-refractivity contribution in [3.8, 4) is 11.6 Å². The maximum absolute atomic E-state index is 6.25. The van der Waals surface area contributed by atoms with Gasteiger partial charge in [-0.3, -0.25) is 4.57 Å². The van der Waals surface area contributed by atoms with Gasteiger partial charge in [0.1, 0.15) is 12.0 Å². The second-order valence-electron chi connectivity index (χ2n) is 4.49. The summed E-state index contributed by atoms with van der Waals surface area (Å²) in [5, 5.41) is 5.33. The number of aryl methyl sites for hydroxylation is 2. The second kappa shape index (κ2) is 4.96. The summed E-state index contributed by atoms with van der Waals surface area (Å²) in [6.07, 6.45) is 1.49. The number of hydrogen-bond acceptors (Lipinski definition) is 2. The number of rotatable bonds is 2. The third-order valence-electron chi connectivity index (χ3n) is 3.15. The largest absolute Gasteiger partial charge is 0.287 e. The monoisotopic (exact) mass is 306 g/mol. The van der Waals surface area contributed by atoms with Gasteiger partial charge in [-0.2, -0.15) is 14.8 Å². The third-order valence-corrected chi connectivity index (χ3v) is 3.76. The minimum atomic E-state index is 0.534. The summed E-state index contributed by atoms with van der Waals surface area (Å²) in [7, 11) is 0. The minimum absolute atomic E-state index is 0.534. The summed E-state index contributed by atoms with van der Waals surface area (Å²) in [6.45, 7) is 4.03. The van der Waals surface area contributed by atoms with E-state index >= 15 is 0 Å². The fourth-order valence-corrected chi connectivity index (χ4v) is 2.78. The summed E-state index contributed by atoms with van der Waals surface area (Å²) in [5.41, 5.74) is 2.77. The molecule has 0 aliphatic carbocycles. The highest BCUT2D eigenvalue weighted by molar-refractivity contribution is 6.37. The fourth-order valence-electron chi connectivity index (χ4n) is 2.22. The fraction of sp³-hybridized carbons (Fsp3) is 0.143. The predicted molar refractivity (Wildman–Crippen MR) is 80.2 cm³/mol. The van der Waals surface area contributed by atoms with Crippen molar-refractivity contribution in [3.63, 3.8) is 0 Å². The highest BCUT2D eigenvalue weighted by atomic mass is 35.5. The van der Waals surface area contributed by atoms with Gasteiger partial charge in [-0.25, -0.2) is 0 Å². The van der Waals surface area contributed by atoms with Gasteiger partial charge in [-0.05, 0) is 38.1 Å². The van der Waals surface area contributed by atoms with E-state index in [0.717, 1.165) is 11.4 Å². The van der Waals surface area contributed by atoms with Crippen LogP contribution < -0.4 is 0 Å². The zero-order valence-corrected chi connectivity index (χ0v) is 12.5. The van der Waals surface area contributed by atoms with Gasteiger partial charge in [0.15, 0.2) is 0 Å². The Labute approximate surface area is 126 Å². The zero-order chi connectivity index (χ0) is 14.3. The van der Waals surface area contributed by atoms with E-state index in [4.69, 9.17) is 23.2 Å². The maximum Gasteiger partial charge on any atom is 0.237 e. The number of nitrogens with zero attached hydrogens (tertiary/aromatic N) is 4. The molecule has 0 aliphatic rings. The van der Waals surface area contributed by atoms with E-state index < -0.39 is 0 Å². The second-order valence-corrected chi connectivity index (χ2v) is 5.31. The van der Waals surface area contributed by atoms with E-state index in [1.165, 1.54) is 6.33 Å². The number of benzene rings is 1. The minimum Gasteiger partial charge on any atom is -0.287 e. The van der Waals surface area contributed by atoms with E-state index in [9.17, 15) is 0 Å². The van der Waals surface area contributed by atoms with E-state index in [0.29, 0.717) is 21.7 Å². The van der Waals surface area contributed by atoms with Crippen molar-refractivity contribution in [2.24, 2.45) is 0 Å². The lowest BCUT2D eigenvalue weighted by Gasteiger charge is -2.12. The molecule has 2 heterocycles. The molecule has 20 heavy (non-hydrogen) atoms. The van der Waals surface area contributed by atoms with Gasteiger partial charge in [0, 0.05) is 11.4 Å². The van der Waals surface area contributed by atoms with Crippen LogP contribution in [-0.2, 0) is 0 Å². The quantitative estimate of drug-likeness (QED) is 0.718. The lowest BCUT2D eigenvalue weighted by Crippen LogP contribution is -2.10. The lowest BCUT2D eigenvalue weighted by atomic mass is 10.3. The standard InChI is InChI=1S/C14H12Cl2N4/c1-9-6-7-10(2)19(9)14-17-8-18-20(14)13-11(15)4-3-5-12(13)16/h3-8H,1-2H3. The van der Waals surface area contributed by atoms with Gasteiger partial charge in [0.2, 0.25) is 5.95 Å². The molecule has 1 aromatic carbocycles. The number of aromatic nitrogens is 4. The summed E-state index contributed by atoms with van der Waals surface area (Å²) in [6, 6.07) is 9.43. The first kappa shape index (κ1) is 13.2. The molecule has 0 amide bonds. The van der Waals surface area contributed by atoms with E-state index in [1.807, 2.05) is 30.5 Å². The van der Waals surface area contributed by atoms with Crippen LogP contribution in [0.4, 0.5) is 0 Å². The molecule has 2 aromatic heterocycles. The van der Waals surface area contributed by atoms with Crippen molar-refractivity contribution in [1.29, 1.82) is 0 Å². The molecule has 3 rings (SSSR count). The van der Waals surface area contributed by atoms with Crippen LogP contribution in [0, 0.1) is 13.8 Å². The van der Waals surface area contributed by atoms with Gasteiger partial charge in [0.25, 0.3) is 0 Å². The molecular weight excluding hydrogens is 295 g/mol. The van der Waals surface area contributed by atoms with Crippen LogP contribution in [0.5, 0.6) is 0 Å². The lowest BCUT2D eigenvalue weighted by molar-refractivity contribution is 0.789. The molecule has 6 heteroatoms. The summed E-state index contributed by atoms with van der Waals surface area (Å²) < 4.78 is 3.66. The van der Waals surface area contributed by atoms with Crippen molar-refractivity contribution in [2.45, 2.75) is 13.8 Å². The Morgan fingerprint density at radius 3 is 2.15 bits per heavy atom. The van der Waals surface area contributed by atoms with Crippen LogP contribution in [-0.4, -0.2) is 19.3 Å². The average Bonchev–Trinajstić information content (AvgIpc) is 2.97. The Balaban J connectivity index is 2.27. The van der Waals surface area contributed by atoms with Gasteiger partial charge in [-0.1, -0.05) is 29.3 Å². The SMILES string of the molecule is Cc1ccc(C)n1-c1ncnn1-c1c(Cl)cccc1Cl. The van der Waals surface area contributed by atoms with Crippen molar-refractivity contribution in [3.05, 3.63) is 58.1 Å². The number of halogens is 2. The molecule has 4 nitrogen and oxygen atoms in total. The van der Waals surface area contributed by atoms with Crippen molar-refractivity contribution in [2.75, 3.05) is 0 Å². The van der Waals surface area contributed by atoms with Gasteiger partial charge in [-0.15, -0.1) is 0 Å². The molecule has 0 fully saturated rings. The molecule has 0 atom stereocenters. The first-order valence-electron chi connectivity index (χ1n) is 6.09. The van der Waals surface area contributed by atoms with Crippen molar-refractivity contribution in [1.82, 2.24) is 19.3 Å². The highest BCUT2D eigenvalue weighted by Crippen LogP contribution is 2.29. The molecule has 0 radical (unpaired) electrons. The van der Waals surface area contributed by atoms with E-state index in [1.54, 1.807) is 22.9 Å². The summed E-state index contributed by atoms with van der Waals surface area (Å²) in [4.78, 5) is 4.34. The highest BCUT2D eigenvalue weighted by Gasteiger charge is 2.16. The van der Waals surface area contributed by atoms with Crippen LogP contribution in [0.25, 0.3) is 11.6 Å². The molecule has 0 spiro atoms. The maximum atomic E-state index is 6.25. The smallest absolute Gasteiger partial charge is 0.237 e. The van der Waals surface area contributed by atoms with Crippen LogP contribution >= 0.6 is 23.2 Å². The molecule has 0 aliphatic heterocycles. The first-order chi connectivity index (χ1) is 9.59.